The molecule has 36 heavy (non-hydrogen) atoms. The van der Waals surface area contributed by atoms with Crippen molar-refractivity contribution in [1.82, 2.24) is 14.8 Å². The van der Waals surface area contributed by atoms with Crippen LogP contribution in [0.5, 0.6) is 0 Å². The van der Waals surface area contributed by atoms with Crippen LogP contribution in [-0.4, -0.2) is 101 Å². The molecule has 2 aliphatic heterocycles. The van der Waals surface area contributed by atoms with Gasteiger partial charge in [-0.05, 0) is 19.0 Å². The summed E-state index contributed by atoms with van der Waals surface area (Å²) in [7, 11) is -4.00. The van der Waals surface area contributed by atoms with E-state index in [0.717, 1.165) is 10.6 Å². The highest BCUT2D eigenvalue weighted by Crippen LogP contribution is 2.24. The second-order valence-corrected chi connectivity index (χ2v) is 10.2. The van der Waals surface area contributed by atoms with Crippen LogP contribution < -0.4 is 0 Å². The maximum absolute atomic E-state index is 13.1. The molecule has 1 unspecified atom stereocenters. The van der Waals surface area contributed by atoms with E-state index in [1.165, 1.54) is 4.90 Å². The van der Waals surface area contributed by atoms with Crippen LogP contribution in [0.3, 0.4) is 0 Å². The van der Waals surface area contributed by atoms with Crippen molar-refractivity contribution in [1.29, 1.82) is 0 Å². The Balaban J connectivity index is 0.000000493. The Morgan fingerprint density at radius 1 is 1.19 bits per heavy atom. The van der Waals surface area contributed by atoms with E-state index in [9.17, 15) is 32.9 Å². The number of esters is 1. The summed E-state index contributed by atoms with van der Waals surface area (Å²) in [6.07, 6.45) is 0.583. The molecule has 2 heterocycles. The van der Waals surface area contributed by atoms with Gasteiger partial charge in [-0.2, -0.15) is 34.2 Å². The van der Waals surface area contributed by atoms with Crippen LogP contribution in [0.25, 0.3) is 0 Å². The summed E-state index contributed by atoms with van der Waals surface area (Å²) >= 11 is 4.45. The van der Waals surface area contributed by atoms with Gasteiger partial charge in [0, 0.05) is 18.3 Å². The number of piperazine rings is 1. The first kappa shape index (κ1) is 29.6. The number of nitro groups is 1. The van der Waals surface area contributed by atoms with Crippen molar-refractivity contribution in [3.8, 4) is 0 Å². The third-order valence-corrected chi connectivity index (χ3v) is 6.43. The Morgan fingerprint density at radius 2 is 1.78 bits per heavy atom. The molecule has 1 aromatic rings. The van der Waals surface area contributed by atoms with Gasteiger partial charge in [0.15, 0.2) is 11.1 Å². The number of alkyl halides is 3. The van der Waals surface area contributed by atoms with Gasteiger partial charge in [-0.15, -0.1) is 5.01 Å². The van der Waals surface area contributed by atoms with Crippen LogP contribution in [0, 0.1) is 10.1 Å². The maximum Gasteiger partial charge on any atom is 0.522 e. The van der Waals surface area contributed by atoms with Crippen LogP contribution in [0.4, 0.5) is 13.2 Å². The third-order valence-electron chi connectivity index (χ3n) is 5.47. The quantitative estimate of drug-likeness (QED) is 0.133. The zero-order chi connectivity index (χ0) is 27.3. The average molecular weight is 559 g/mol. The number of hydrogen-bond acceptors (Lipinski definition) is 9. The Morgan fingerprint density at radius 3 is 2.25 bits per heavy atom. The van der Waals surface area contributed by atoms with E-state index >= 15 is 0 Å². The van der Waals surface area contributed by atoms with Crippen molar-refractivity contribution < 1.29 is 45.5 Å². The molecule has 0 saturated carbocycles. The van der Waals surface area contributed by atoms with E-state index in [0.29, 0.717) is 13.0 Å². The van der Waals surface area contributed by atoms with Gasteiger partial charge in [0.2, 0.25) is 5.91 Å². The Bertz CT molecular complexity index is 1040. The Hall–Kier alpha value is -2.63. The minimum atomic E-state index is -5.84. The van der Waals surface area contributed by atoms with Crippen LogP contribution >= 0.6 is 12.6 Å². The summed E-state index contributed by atoms with van der Waals surface area (Å²) in [6.45, 7) is 0.720. The molecule has 0 aromatic heterocycles. The van der Waals surface area contributed by atoms with Gasteiger partial charge >= 0.3 is 21.6 Å². The number of hydrazine groups is 1. The number of amides is 1. The Kier molecular flexibility index (Phi) is 9.93. The fraction of sp³-hybridized carbons (Fsp3) is 0.579. The van der Waals surface area contributed by atoms with Gasteiger partial charge < -0.3 is 9.64 Å². The van der Waals surface area contributed by atoms with Crippen LogP contribution in [0.15, 0.2) is 30.3 Å². The molecule has 3 atom stereocenters. The van der Waals surface area contributed by atoms with Gasteiger partial charge in [-0.1, -0.05) is 30.3 Å². The Labute approximate surface area is 210 Å². The van der Waals surface area contributed by atoms with E-state index in [4.69, 9.17) is 17.7 Å². The lowest BCUT2D eigenvalue weighted by Gasteiger charge is -2.38. The molecule has 2 fully saturated rings. The number of thiol groups is 1. The lowest BCUT2D eigenvalue weighted by molar-refractivity contribution is -0.658. The number of hydrogen-bond donors (Lipinski definition) is 2. The number of ether oxygens (including phenoxy) is 1. The number of likely N-dealkylation sites (N-methyl/N-ethyl adjacent to an activating group) is 1. The summed E-state index contributed by atoms with van der Waals surface area (Å²) < 4.78 is 62.9. The predicted molar refractivity (Wildman–Crippen MR) is 122 cm³/mol. The summed E-state index contributed by atoms with van der Waals surface area (Å²) in [5, 5.41) is 11.7. The highest BCUT2D eigenvalue weighted by Gasteiger charge is 2.45. The van der Waals surface area contributed by atoms with Crippen molar-refractivity contribution in [2.45, 2.75) is 35.9 Å². The van der Waals surface area contributed by atoms with Gasteiger partial charge in [-0.3, -0.25) is 14.2 Å². The van der Waals surface area contributed by atoms with Crippen LogP contribution in [-0.2, 0) is 31.1 Å². The third kappa shape index (κ3) is 7.94. The number of rotatable bonds is 5. The topological polar surface area (TPSA) is 151 Å². The molecule has 12 nitrogen and oxygen atoms in total. The predicted octanol–water partition coefficient (Wildman–Crippen LogP) is 0.831. The van der Waals surface area contributed by atoms with Gasteiger partial charge in [0.25, 0.3) is 0 Å². The van der Waals surface area contributed by atoms with Gasteiger partial charge in [0.05, 0.1) is 12.6 Å². The van der Waals surface area contributed by atoms with Crippen LogP contribution in [0.2, 0.25) is 0 Å². The van der Waals surface area contributed by atoms with E-state index in [1.807, 2.05) is 42.3 Å². The number of halogens is 3. The molecule has 0 bridgehead atoms. The molecular weight excluding hydrogens is 533 g/mol. The molecule has 2 aliphatic rings. The van der Waals surface area contributed by atoms with Crippen molar-refractivity contribution in [3.63, 3.8) is 0 Å². The molecule has 0 aliphatic carbocycles. The number of nitrogens with zero attached hydrogens (tertiary/aromatic N) is 4. The zero-order valence-corrected chi connectivity index (χ0v) is 20.7. The van der Waals surface area contributed by atoms with Gasteiger partial charge in [0.1, 0.15) is 13.2 Å². The fourth-order valence-corrected chi connectivity index (χ4v) is 4.12. The number of carbonyl (C=O) groups excluding carboxylic acids is 2. The normalized spacial score (nSPS) is 23.0. The van der Waals surface area contributed by atoms with Crippen molar-refractivity contribution in [2.24, 2.45) is 0 Å². The molecule has 0 radical (unpaired) electrons. The molecule has 202 valence electrons. The standard InChI is InChI=1S/C18H24N4O5S.CHF3O3S/c1-19-10-14(28)9-15(19)17(23)21-8-7-20(22(25)26)11-16(21)18(24)27-12-13-5-3-2-4-6-13;2-1(3,4)8(5,6)7/h2-6,14-16,28H,7-12H2,1H3;(H,5,6,7)/t14-,15-,16?;/m0./s1. The lowest BCUT2D eigenvalue weighted by Crippen LogP contribution is -2.62. The number of likely N-dealkylation sites (tertiary alicyclic amines) is 1. The molecular formula is C19H25F3N4O8S2. The van der Waals surface area contributed by atoms with Crippen LogP contribution in [0.1, 0.15) is 12.0 Å². The molecule has 2 saturated heterocycles. The summed E-state index contributed by atoms with van der Waals surface area (Å²) in [4.78, 5) is 40.3. The summed E-state index contributed by atoms with van der Waals surface area (Å²) in [5.74, 6) is -0.837. The second-order valence-electron chi connectivity index (χ2n) is 8.06. The number of benzene rings is 1. The zero-order valence-electron chi connectivity index (χ0n) is 18.9. The minimum absolute atomic E-state index is 0.0543. The second kappa shape index (κ2) is 12.1. The highest BCUT2D eigenvalue weighted by molar-refractivity contribution is 7.86. The SMILES string of the molecule is CN1C[C@@H](S)C[C@H]1C(=O)N1CCN([N+](=O)[O-])CC1C(=O)OCc1ccccc1.O=S(=O)(O)C(F)(F)F. The van der Waals surface area contributed by atoms with Crippen molar-refractivity contribution in [3.05, 3.63) is 46.0 Å². The lowest BCUT2D eigenvalue weighted by atomic mass is 10.1. The fourth-order valence-electron chi connectivity index (χ4n) is 3.66. The van der Waals surface area contributed by atoms with E-state index in [1.54, 1.807) is 0 Å². The molecule has 1 amide bonds. The minimum Gasteiger partial charge on any atom is -0.459 e. The average Bonchev–Trinajstić information content (AvgIpc) is 3.14. The summed E-state index contributed by atoms with van der Waals surface area (Å²) in [6, 6.07) is 7.77. The smallest absolute Gasteiger partial charge is 0.459 e. The number of carbonyl (C=O) groups is 2. The van der Waals surface area contributed by atoms with Crippen molar-refractivity contribution in [2.75, 3.05) is 33.2 Å². The molecule has 1 aromatic carbocycles. The first-order valence-electron chi connectivity index (χ1n) is 10.4. The monoisotopic (exact) mass is 558 g/mol. The maximum atomic E-state index is 13.1. The first-order valence-corrected chi connectivity index (χ1v) is 12.4. The molecule has 3 rings (SSSR count). The first-order chi connectivity index (χ1) is 16.6. The van der Waals surface area contributed by atoms with E-state index in [2.05, 4.69) is 12.6 Å². The van der Waals surface area contributed by atoms with Crippen molar-refractivity contribution >= 4 is 34.6 Å². The highest BCUT2D eigenvalue weighted by atomic mass is 32.2. The molecule has 1 N–H and O–H groups in total. The largest absolute Gasteiger partial charge is 0.522 e. The van der Waals surface area contributed by atoms with E-state index in [-0.39, 0.29) is 43.4 Å². The molecule has 0 spiro atoms. The van der Waals surface area contributed by atoms with Gasteiger partial charge in [-0.25, -0.2) is 14.9 Å². The molecule has 17 heteroatoms. The van der Waals surface area contributed by atoms with E-state index < -0.39 is 32.7 Å². The summed E-state index contributed by atoms with van der Waals surface area (Å²) in [5.41, 5.74) is -4.73.